The summed E-state index contributed by atoms with van der Waals surface area (Å²) >= 11 is 6.16. The Kier molecular flexibility index (Phi) is 7.47. The summed E-state index contributed by atoms with van der Waals surface area (Å²) in [4.78, 5) is 42.6. The molecule has 26 heavy (non-hydrogen) atoms. The minimum atomic E-state index is -1.15. The van der Waals surface area contributed by atoms with Crippen molar-refractivity contribution in [1.82, 2.24) is 0 Å². The number of carbonyl (C=O) groups excluding carboxylic acids is 2. The Bertz CT molecular complexity index is 760. The lowest BCUT2D eigenvalue weighted by molar-refractivity contribution is 0.0696. The van der Waals surface area contributed by atoms with E-state index in [1.807, 2.05) is 0 Å². The summed E-state index contributed by atoms with van der Waals surface area (Å²) in [5, 5.41) is 17.2. The van der Waals surface area contributed by atoms with Crippen LogP contribution in [0.1, 0.15) is 41.4 Å². The van der Waals surface area contributed by atoms with Gasteiger partial charge in [-0.2, -0.15) is 0 Å². The number of nitrogens with two attached hydrogens (primary N) is 2. The quantitative estimate of drug-likeness (QED) is 0.517. The Morgan fingerprint density at radius 1 is 0.615 bits per heavy atom. The van der Waals surface area contributed by atoms with E-state index in [0.717, 1.165) is 6.07 Å². The van der Waals surface area contributed by atoms with E-state index in [1.54, 1.807) is 0 Å². The molecule has 0 radical (unpaired) electrons. The molecule has 0 aliphatic rings. The van der Waals surface area contributed by atoms with Crippen LogP contribution < -0.4 is 11.5 Å². The fourth-order valence-corrected chi connectivity index (χ4v) is 2.70. The van der Waals surface area contributed by atoms with Gasteiger partial charge in [-0.15, -0.1) is 0 Å². The number of amides is 2. The van der Waals surface area contributed by atoms with E-state index < -0.39 is 23.8 Å². The van der Waals surface area contributed by atoms with Crippen LogP contribution in [0.2, 0.25) is 0 Å². The zero-order valence-electron chi connectivity index (χ0n) is 12.9. The fourth-order valence-electron chi connectivity index (χ4n) is 1.71. The molecule has 2 rings (SSSR count). The van der Waals surface area contributed by atoms with Gasteiger partial charge in [-0.1, -0.05) is 31.9 Å². The maximum absolute atomic E-state index is 10.8. The van der Waals surface area contributed by atoms with Gasteiger partial charge in [0.15, 0.2) is 0 Å². The Morgan fingerprint density at radius 3 is 1.15 bits per heavy atom. The van der Waals surface area contributed by atoms with E-state index in [0.29, 0.717) is 8.95 Å². The summed E-state index contributed by atoms with van der Waals surface area (Å²) in [7, 11) is 0. The van der Waals surface area contributed by atoms with E-state index in [4.69, 9.17) is 21.7 Å². The molecule has 0 heterocycles. The van der Waals surface area contributed by atoms with E-state index in [-0.39, 0.29) is 22.3 Å². The number of carboxylic acid groups (broad SMARTS) is 2. The summed E-state index contributed by atoms with van der Waals surface area (Å²) < 4.78 is 1.03. The van der Waals surface area contributed by atoms with Gasteiger partial charge in [0, 0.05) is 20.1 Å². The van der Waals surface area contributed by atoms with E-state index >= 15 is 0 Å². The van der Waals surface area contributed by atoms with Crippen LogP contribution in [-0.4, -0.2) is 34.0 Å². The average molecular weight is 488 g/mol. The van der Waals surface area contributed by atoms with Crippen LogP contribution in [-0.2, 0) is 0 Å². The molecule has 0 aliphatic carbocycles. The molecule has 10 heteroatoms. The van der Waals surface area contributed by atoms with Gasteiger partial charge in [0.05, 0.1) is 11.1 Å². The maximum Gasteiger partial charge on any atom is 0.335 e. The third-order valence-electron chi connectivity index (χ3n) is 2.86. The third-order valence-corrected chi connectivity index (χ3v) is 3.77. The molecule has 0 saturated heterocycles. The Morgan fingerprint density at radius 2 is 0.885 bits per heavy atom. The summed E-state index contributed by atoms with van der Waals surface area (Å²) in [6.07, 6.45) is 0. The molecular weight excluding hydrogens is 476 g/mol. The average Bonchev–Trinajstić information content (AvgIpc) is 2.54. The lowest BCUT2D eigenvalue weighted by atomic mass is 10.1. The molecule has 0 fully saturated rings. The molecule has 0 unspecified atom stereocenters. The second-order valence-corrected chi connectivity index (χ2v) is 6.63. The molecule has 0 saturated carbocycles. The summed E-state index contributed by atoms with van der Waals surface area (Å²) in [5.74, 6) is -3.49. The number of carboxylic acids is 2. The van der Waals surface area contributed by atoms with E-state index in [1.165, 1.54) is 30.3 Å². The first-order valence-corrected chi connectivity index (χ1v) is 8.27. The van der Waals surface area contributed by atoms with Crippen LogP contribution in [0.5, 0.6) is 0 Å². The van der Waals surface area contributed by atoms with Crippen LogP contribution in [0.25, 0.3) is 0 Å². The van der Waals surface area contributed by atoms with Crippen LogP contribution in [0.3, 0.4) is 0 Å². The molecule has 8 nitrogen and oxygen atoms in total. The number of hydrogen-bond acceptors (Lipinski definition) is 4. The molecule has 0 atom stereocenters. The van der Waals surface area contributed by atoms with Crippen molar-refractivity contribution in [2.24, 2.45) is 11.5 Å². The second-order valence-electron chi connectivity index (χ2n) is 4.80. The van der Waals surface area contributed by atoms with Gasteiger partial charge in [0.25, 0.3) is 0 Å². The first kappa shape index (κ1) is 21.3. The largest absolute Gasteiger partial charge is 0.478 e. The highest BCUT2D eigenvalue weighted by molar-refractivity contribution is 9.10. The summed E-state index contributed by atoms with van der Waals surface area (Å²) in [6, 6.07) is 8.19. The summed E-state index contributed by atoms with van der Waals surface area (Å²) in [5.41, 5.74) is 10.5. The standard InChI is InChI=1S/C8H7BrN2O2.C8H5BrO4/c9-6-2-4(7(10)12)1-5(3-6)8(11)13;9-6-2-4(7(10)11)1-5(3-6)8(12)13/h1-3H,(H2,10,12)(H2,11,13);1-3H,(H,10,11)(H,12,13). The number of aromatic carboxylic acids is 2. The topological polar surface area (TPSA) is 161 Å². The van der Waals surface area contributed by atoms with E-state index in [9.17, 15) is 19.2 Å². The highest BCUT2D eigenvalue weighted by atomic mass is 79.9. The Hall–Kier alpha value is -2.72. The van der Waals surface area contributed by atoms with Gasteiger partial charge < -0.3 is 21.7 Å². The van der Waals surface area contributed by atoms with Crippen LogP contribution in [0, 0.1) is 0 Å². The highest BCUT2D eigenvalue weighted by Crippen LogP contribution is 2.16. The predicted octanol–water partition coefficient (Wildman–Crippen LogP) is 2.49. The van der Waals surface area contributed by atoms with Crippen molar-refractivity contribution in [2.75, 3.05) is 0 Å². The zero-order valence-corrected chi connectivity index (χ0v) is 16.1. The molecule has 0 spiro atoms. The Labute approximate surface area is 164 Å². The number of benzene rings is 2. The normalized spacial score (nSPS) is 9.62. The molecule has 2 aromatic rings. The van der Waals surface area contributed by atoms with Crippen molar-refractivity contribution < 1.29 is 29.4 Å². The number of rotatable bonds is 4. The SMILES string of the molecule is NC(=O)c1cc(Br)cc(C(N)=O)c1.O=C(O)c1cc(Br)cc(C(=O)O)c1. The van der Waals surface area contributed by atoms with Gasteiger partial charge in [0.2, 0.25) is 11.8 Å². The number of carbonyl (C=O) groups is 4. The molecule has 136 valence electrons. The molecule has 2 aromatic carbocycles. The van der Waals surface area contributed by atoms with Gasteiger partial charge in [-0.25, -0.2) is 9.59 Å². The molecule has 0 aromatic heterocycles. The first-order valence-electron chi connectivity index (χ1n) is 6.68. The van der Waals surface area contributed by atoms with Gasteiger partial charge in [-0.3, -0.25) is 9.59 Å². The maximum atomic E-state index is 10.8. The van der Waals surface area contributed by atoms with Crippen LogP contribution in [0.15, 0.2) is 45.3 Å². The number of halogens is 2. The van der Waals surface area contributed by atoms with Crippen molar-refractivity contribution in [3.05, 3.63) is 67.6 Å². The zero-order chi connectivity index (χ0) is 20.0. The monoisotopic (exact) mass is 486 g/mol. The lowest BCUT2D eigenvalue weighted by Crippen LogP contribution is -2.15. The van der Waals surface area contributed by atoms with Crippen LogP contribution >= 0.6 is 31.9 Å². The minimum Gasteiger partial charge on any atom is -0.478 e. The number of hydrogen-bond donors (Lipinski definition) is 4. The minimum absolute atomic E-state index is 0.0493. The highest BCUT2D eigenvalue weighted by Gasteiger charge is 2.10. The summed E-state index contributed by atoms with van der Waals surface area (Å²) in [6.45, 7) is 0. The van der Waals surface area contributed by atoms with Crippen LogP contribution in [0.4, 0.5) is 0 Å². The van der Waals surface area contributed by atoms with E-state index in [2.05, 4.69) is 31.9 Å². The van der Waals surface area contributed by atoms with Crippen molar-refractivity contribution in [1.29, 1.82) is 0 Å². The molecule has 2 amide bonds. The molecule has 0 aliphatic heterocycles. The van der Waals surface area contributed by atoms with Crippen molar-refractivity contribution in [3.8, 4) is 0 Å². The number of primary amides is 2. The van der Waals surface area contributed by atoms with Crippen molar-refractivity contribution >= 4 is 55.6 Å². The van der Waals surface area contributed by atoms with Crippen molar-refractivity contribution in [3.63, 3.8) is 0 Å². The second kappa shape index (κ2) is 9.11. The smallest absolute Gasteiger partial charge is 0.335 e. The first-order chi connectivity index (χ1) is 12.0. The molecule has 0 bridgehead atoms. The predicted molar refractivity (Wildman–Crippen MR) is 99.2 cm³/mol. The van der Waals surface area contributed by atoms with Gasteiger partial charge >= 0.3 is 11.9 Å². The van der Waals surface area contributed by atoms with Crippen molar-refractivity contribution in [2.45, 2.75) is 0 Å². The molecular formula is C16H12Br2N2O6. The Balaban J connectivity index is 0.000000260. The van der Waals surface area contributed by atoms with Gasteiger partial charge in [0.1, 0.15) is 0 Å². The third kappa shape index (κ3) is 6.30. The molecule has 6 N–H and O–H groups in total. The van der Waals surface area contributed by atoms with Gasteiger partial charge in [-0.05, 0) is 36.4 Å². The fraction of sp³-hybridized carbons (Fsp3) is 0. The lowest BCUT2D eigenvalue weighted by Gasteiger charge is -2.00.